The van der Waals surface area contributed by atoms with Gasteiger partial charge >= 0.3 is 0 Å². The molecule has 1 unspecified atom stereocenters. The third-order valence-electron chi connectivity index (χ3n) is 7.62. The summed E-state index contributed by atoms with van der Waals surface area (Å²) >= 11 is 0. The van der Waals surface area contributed by atoms with Gasteiger partial charge in [-0.25, -0.2) is 21.6 Å². The summed E-state index contributed by atoms with van der Waals surface area (Å²) in [6, 6.07) is 0.977. The molecule has 3 fully saturated rings. The minimum Gasteiger partial charge on any atom is -0.337 e. The molecular formula is C23H31F3N2O3S. The van der Waals surface area contributed by atoms with Crippen LogP contribution in [-0.2, 0) is 21.1 Å². The van der Waals surface area contributed by atoms with E-state index in [1.807, 2.05) is 4.90 Å². The van der Waals surface area contributed by atoms with Gasteiger partial charge in [0.25, 0.3) is 0 Å². The average molecular weight is 473 g/mol. The van der Waals surface area contributed by atoms with Gasteiger partial charge in [0.1, 0.15) is 5.82 Å². The number of fused-ring (bicyclic) bond motifs is 2. The molecule has 1 saturated carbocycles. The van der Waals surface area contributed by atoms with Crippen molar-refractivity contribution in [2.24, 2.45) is 11.7 Å². The van der Waals surface area contributed by atoms with Crippen molar-refractivity contribution < 1.29 is 26.4 Å². The second kappa shape index (κ2) is 9.33. The fourth-order valence-corrected chi connectivity index (χ4v) is 7.73. The molecule has 178 valence electrons. The lowest BCUT2D eigenvalue weighted by Crippen LogP contribution is -2.50. The Balaban J connectivity index is 1.35. The van der Waals surface area contributed by atoms with Gasteiger partial charge in [-0.05, 0) is 62.5 Å². The Kier molecular flexibility index (Phi) is 6.86. The van der Waals surface area contributed by atoms with Crippen LogP contribution in [0.4, 0.5) is 13.2 Å². The minimum absolute atomic E-state index is 0.00119. The van der Waals surface area contributed by atoms with Gasteiger partial charge in [-0.2, -0.15) is 0 Å². The molecule has 4 atom stereocenters. The van der Waals surface area contributed by atoms with Crippen molar-refractivity contribution >= 4 is 15.7 Å². The van der Waals surface area contributed by atoms with Crippen molar-refractivity contribution in [3.05, 3.63) is 35.1 Å². The lowest BCUT2D eigenvalue weighted by Gasteiger charge is -2.41. The van der Waals surface area contributed by atoms with E-state index in [1.165, 1.54) is 0 Å². The summed E-state index contributed by atoms with van der Waals surface area (Å²) in [4.78, 5) is 14.8. The first-order chi connectivity index (χ1) is 15.2. The summed E-state index contributed by atoms with van der Waals surface area (Å²) in [5.41, 5.74) is 6.39. The first-order valence-electron chi connectivity index (χ1n) is 11.6. The van der Waals surface area contributed by atoms with E-state index >= 15 is 0 Å². The fraction of sp³-hybridized carbons (Fsp3) is 0.696. The summed E-state index contributed by atoms with van der Waals surface area (Å²) in [7, 11) is -3.24. The monoisotopic (exact) mass is 472 g/mol. The van der Waals surface area contributed by atoms with Crippen molar-refractivity contribution in [3.8, 4) is 0 Å². The van der Waals surface area contributed by atoms with E-state index in [4.69, 9.17) is 5.73 Å². The third kappa shape index (κ3) is 4.83. The zero-order valence-electron chi connectivity index (χ0n) is 18.1. The highest BCUT2D eigenvalue weighted by Crippen LogP contribution is 2.40. The average Bonchev–Trinajstić information content (AvgIpc) is 3.37. The summed E-state index contributed by atoms with van der Waals surface area (Å²) < 4.78 is 65.8. The number of halogens is 3. The van der Waals surface area contributed by atoms with Crippen LogP contribution in [0.25, 0.3) is 0 Å². The van der Waals surface area contributed by atoms with Gasteiger partial charge in [-0.15, -0.1) is 0 Å². The van der Waals surface area contributed by atoms with E-state index in [-0.39, 0.29) is 53.3 Å². The largest absolute Gasteiger partial charge is 0.337 e. The van der Waals surface area contributed by atoms with Crippen molar-refractivity contribution in [2.45, 2.75) is 87.6 Å². The summed E-state index contributed by atoms with van der Waals surface area (Å²) in [5.74, 6) is -3.30. The van der Waals surface area contributed by atoms with E-state index in [0.29, 0.717) is 31.7 Å². The van der Waals surface area contributed by atoms with Gasteiger partial charge in [-0.1, -0.05) is 12.8 Å². The number of carbonyl (C=O) groups excluding carboxylic acids is 1. The van der Waals surface area contributed by atoms with Crippen LogP contribution in [0.3, 0.4) is 0 Å². The predicted molar refractivity (Wildman–Crippen MR) is 115 cm³/mol. The number of piperidine rings is 1. The quantitative estimate of drug-likeness (QED) is 0.616. The highest BCUT2D eigenvalue weighted by Gasteiger charge is 2.44. The van der Waals surface area contributed by atoms with E-state index in [0.717, 1.165) is 31.7 Å². The number of benzene rings is 1. The zero-order chi connectivity index (χ0) is 23.0. The van der Waals surface area contributed by atoms with Crippen LogP contribution in [-0.4, -0.2) is 48.4 Å². The highest BCUT2D eigenvalue weighted by molar-refractivity contribution is 7.92. The fourth-order valence-electron chi connectivity index (χ4n) is 5.89. The van der Waals surface area contributed by atoms with Crippen LogP contribution in [0.1, 0.15) is 63.4 Å². The topological polar surface area (TPSA) is 80.5 Å². The first kappa shape index (κ1) is 23.5. The molecule has 1 aliphatic carbocycles. The number of sulfone groups is 1. The Labute approximate surface area is 187 Å². The zero-order valence-corrected chi connectivity index (χ0v) is 18.9. The molecule has 0 radical (unpaired) electrons. The van der Waals surface area contributed by atoms with Crippen molar-refractivity contribution in [1.29, 1.82) is 0 Å². The smallest absolute Gasteiger partial charge is 0.224 e. The molecule has 32 heavy (non-hydrogen) atoms. The van der Waals surface area contributed by atoms with Crippen molar-refractivity contribution in [1.82, 2.24) is 4.90 Å². The maximum atomic E-state index is 14.0. The number of carbonyl (C=O) groups is 1. The maximum absolute atomic E-state index is 14.0. The second-order valence-electron chi connectivity index (χ2n) is 9.67. The molecule has 2 bridgehead atoms. The van der Waals surface area contributed by atoms with Crippen LogP contribution in [0, 0.1) is 23.4 Å². The second-order valence-corrected chi connectivity index (χ2v) is 12.1. The van der Waals surface area contributed by atoms with Crippen LogP contribution >= 0.6 is 0 Å². The van der Waals surface area contributed by atoms with Crippen molar-refractivity contribution in [3.63, 3.8) is 0 Å². The molecule has 2 aliphatic heterocycles. The standard InChI is InChI=1S/C23H31F3N2O3S/c24-19-13-21(26)20(25)11-14(19)12-22(27)15-9-16-5-6-17(10-15)28(16)23(29)7-8-32(30,31)18-3-1-2-4-18/h11,13,15-18,22H,1-10,12,27H2/t15-,16-,17+,22?. The van der Waals surface area contributed by atoms with E-state index < -0.39 is 33.3 Å². The molecule has 2 heterocycles. The van der Waals surface area contributed by atoms with Gasteiger partial charge < -0.3 is 10.6 Å². The number of nitrogens with zero attached hydrogens (tertiary/aromatic N) is 1. The Bertz CT molecular complexity index is 951. The summed E-state index contributed by atoms with van der Waals surface area (Å²) in [6.45, 7) is 0. The number of nitrogens with two attached hydrogens (primary N) is 1. The number of hydrogen-bond acceptors (Lipinski definition) is 4. The van der Waals surface area contributed by atoms with Crippen LogP contribution in [0.15, 0.2) is 12.1 Å². The van der Waals surface area contributed by atoms with Gasteiger partial charge in [0.15, 0.2) is 21.5 Å². The van der Waals surface area contributed by atoms with Crippen LogP contribution in [0.5, 0.6) is 0 Å². The summed E-state index contributed by atoms with van der Waals surface area (Å²) in [6.07, 6.45) is 6.38. The molecule has 9 heteroatoms. The van der Waals surface area contributed by atoms with Crippen LogP contribution in [0.2, 0.25) is 0 Å². The SMILES string of the molecule is NC(Cc1cc(F)c(F)cc1F)[C@@H]1C[C@H]2CC[C@@H](C1)N2C(=O)CCS(=O)(=O)C1CCCC1. The molecule has 4 rings (SSSR count). The van der Waals surface area contributed by atoms with Crippen LogP contribution < -0.4 is 5.73 Å². The molecule has 3 aliphatic rings. The molecule has 0 spiro atoms. The molecule has 1 amide bonds. The molecule has 1 aromatic rings. The third-order valence-corrected chi connectivity index (χ3v) is 9.88. The van der Waals surface area contributed by atoms with E-state index in [9.17, 15) is 26.4 Å². The number of amides is 1. The van der Waals surface area contributed by atoms with E-state index in [2.05, 4.69) is 0 Å². The van der Waals surface area contributed by atoms with Gasteiger partial charge in [-0.3, -0.25) is 4.79 Å². The molecule has 2 N–H and O–H groups in total. The normalized spacial score (nSPS) is 27.1. The Morgan fingerprint density at radius 3 is 2.22 bits per heavy atom. The number of rotatable bonds is 7. The first-order valence-corrected chi connectivity index (χ1v) is 13.3. The van der Waals surface area contributed by atoms with Gasteiger partial charge in [0.2, 0.25) is 5.91 Å². The molecule has 5 nitrogen and oxygen atoms in total. The Hall–Kier alpha value is -1.61. The number of hydrogen-bond donors (Lipinski definition) is 1. The molecule has 0 aromatic heterocycles. The minimum atomic E-state index is -3.24. The molecule has 2 saturated heterocycles. The lowest BCUT2D eigenvalue weighted by atomic mass is 9.82. The summed E-state index contributed by atoms with van der Waals surface area (Å²) in [5, 5.41) is -0.299. The van der Waals surface area contributed by atoms with E-state index in [1.54, 1.807) is 0 Å². The van der Waals surface area contributed by atoms with Gasteiger partial charge in [0, 0.05) is 30.6 Å². The predicted octanol–water partition coefficient (Wildman–Crippen LogP) is 3.49. The maximum Gasteiger partial charge on any atom is 0.224 e. The lowest BCUT2D eigenvalue weighted by molar-refractivity contribution is -0.136. The van der Waals surface area contributed by atoms with Gasteiger partial charge in [0.05, 0.1) is 11.0 Å². The highest BCUT2D eigenvalue weighted by atomic mass is 32.2. The Morgan fingerprint density at radius 1 is 1.00 bits per heavy atom. The van der Waals surface area contributed by atoms with Crippen molar-refractivity contribution in [2.75, 3.05) is 5.75 Å². The Morgan fingerprint density at radius 2 is 1.59 bits per heavy atom. The molecular weight excluding hydrogens is 441 g/mol. The molecule has 1 aromatic carbocycles.